The number of carbonyl (C=O) groups is 3. The highest BCUT2D eigenvalue weighted by Gasteiger charge is 2.31. The maximum absolute atomic E-state index is 12.3. The van der Waals surface area contributed by atoms with E-state index in [0.717, 1.165) is 25.7 Å². The minimum absolute atomic E-state index is 0.0518. The van der Waals surface area contributed by atoms with E-state index in [2.05, 4.69) is 0 Å². The second-order valence-corrected chi connectivity index (χ2v) is 5.44. The van der Waals surface area contributed by atoms with Gasteiger partial charge in [0.15, 0.2) is 0 Å². The first kappa shape index (κ1) is 15.0. The third kappa shape index (κ3) is 3.36. The summed E-state index contributed by atoms with van der Waals surface area (Å²) in [7, 11) is 0. The number of imide groups is 1. The number of nitrogens with zero attached hydrogens (tertiary/aromatic N) is 2. The van der Waals surface area contributed by atoms with E-state index in [-0.39, 0.29) is 56.2 Å². The summed E-state index contributed by atoms with van der Waals surface area (Å²) in [4.78, 5) is 38.1. The van der Waals surface area contributed by atoms with E-state index in [1.54, 1.807) is 4.90 Å². The van der Waals surface area contributed by atoms with E-state index >= 15 is 0 Å². The molecule has 2 fully saturated rings. The van der Waals surface area contributed by atoms with Crippen molar-refractivity contribution in [3.8, 4) is 0 Å². The van der Waals surface area contributed by atoms with Gasteiger partial charge in [0.2, 0.25) is 17.7 Å². The topological polar surface area (TPSA) is 77.9 Å². The molecular weight excluding hydrogens is 260 g/mol. The van der Waals surface area contributed by atoms with Crippen molar-refractivity contribution >= 4 is 17.7 Å². The van der Waals surface area contributed by atoms with Crippen molar-refractivity contribution in [2.24, 2.45) is 0 Å². The van der Waals surface area contributed by atoms with Gasteiger partial charge in [-0.25, -0.2) is 0 Å². The molecule has 0 aromatic carbocycles. The maximum atomic E-state index is 12.3. The van der Waals surface area contributed by atoms with Crippen LogP contribution >= 0.6 is 0 Å². The average Bonchev–Trinajstić information content (AvgIpc) is 3.05. The second kappa shape index (κ2) is 6.83. The highest BCUT2D eigenvalue weighted by Crippen LogP contribution is 2.24. The van der Waals surface area contributed by atoms with Crippen LogP contribution in [0.1, 0.15) is 44.9 Å². The molecule has 0 aromatic rings. The number of carbonyl (C=O) groups excluding carboxylic acids is 3. The molecule has 6 nitrogen and oxygen atoms in total. The minimum atomic E-state index is -0.183. The highest BCUT2D eigenvalue weighted by atomic mass is 16.3. The molecule has 20 heavy (non-hydrogen) atoms. The number of likely N-dealkylation sites (tertiary alicyclic amines) is 1. The van der Waals surface area contributed by atoms with E-state index in [4.69, 9.17) is 5.11 Å². The molecule has 0 spiro atoms. The van der Waals surface area contributed by atoms with Crippen molar-refractivity contribution in [1.82, 2.24) is 9.80 Å². The summed E-state index contributed by atoms with van der Waals surface area (Å²) in [5, 5.41) is 9.10. The van der Waals surface area contributed by atoms with Gasteiger partial charge in [-0.05, 0) is 12.8 Å². The molecule has 3 amide bonds. The SMILES string of the molecule is O=C1CCC(=O)N1CCC(=O)N(CCO)C1CCCC1. The smallest absolute Gasteiger partial charge is 0.229 e. The molecule has 1 heterocycles. The molecule has 112 valence electrons. The summed E-state index contributed by atoms with van der Waals surface area (Å²) in [5.74, 6) is -0.437. The summed E-state index contributed by atoms with van der Waals surface area (Å²) in [6.07, 6.45) is 4.87. The standard InChI is InChI=1S/C14H22N2O4/c17-10-9-15(11-3-1-2-4-11)14(20)7-8-16-12(18)5-6-13(16)19/h11,17H,1-10H2. The highest BCUT2D eigenvalue weighted by molar-refractivity contribution is 6.02. The average molecular weight is 282 g/mol. The predicted octanol–water partition coefficient (Wildman–Crippen LogP) is 0.289. The fourth-order valence-electron chi connectivity index (χ4n) is 3.06. The fourth-order valence-corrected chi connectivity index (χ4v) is 3.06. The van der Waals surface area contributed by atoms with Crippen LogP contribution in [0.5, 0.6) is 0 Å². The van der Waals surface area contributed by atoms with Crippen LogP contribution in [0.25, 0.3) is 0 Å². The lowest BCUT2D eigenvalue weighted by Crippen LogP contribution is -2.42. The third-order valence-corrected chi connectivity index (χ3v) is 4.13. The molecule has 0 bridgehead atoms. The number of aliphatic hydroxyl groups is 1. The van der Waals surface area contributed by atoms with Crippen LogP contribution in [0.2, 0.25) is 0 Å². The third-order valence-electron chi connectivity index (χ3n) is 4.13. The number of amides is 3. The monoisotopic (exact) mass is 282 g/mol. The lowest BCUT2D eigenvalue weighted by molar-refractivity contribution is -0.140. The van der Waals surface area contributed by atoms with Crippen LogP contribution in [0.3, 0.4) is 0 Å². The van der Waals surface area contributed by atoms with Crippen LogP contribution < -0.4 is 0 Å². The van der Waals surface area contributed by atoms with Gasteiger partial charge in [0.1, 0.15) is 0 Å². The second-order valence-electron chi connectivity index (χ2n) is 5.44. The van der Waals surface area contributed by atoms with E-state index < -0.39 is 0 Å². The number of hydrogen-bond donors (Lipinski definition) is 1. The predicted molar refractivity (Wildman–Crippen MR) is 71.6 cm³/mol. The Bertz CT molecular complexity index is 375. The normalized spacial score (nSPS) is 19.9. The molecule has 0 radical (unpaired) electrons. The van der Waals surface area contributed by atoms with Crippen molar-refractivity contribution in [1.29, 1.82) is 0 Å². The molecular formula is C14H22N2O4. The van der Waals surface area contributed by atoms with Crippen molar-refractivity contribution in [3.05, 3.63) is 0 Å². The first-order valence-electron chi connectivity index (χ1n) is 7.37. The van der Waals surface area contributed by atoms with Crippen LogP contribution in [-0.2, 0) is 14.4 Å². The van der Waals surface area contributed by atoms with Crippen LogP contribution in [-0.4, -0.2) is 58.4 Å². The zero-order chi connectivity index (χ0) is 14.5. The van der Waals surface area contributed by atoms with Gasteiger partial charge < -0.3 is 10.0 Å². The first-order valence-corrected chi connectivity index (χ1v) is 7.37. The zero-order valence-electron chi connectivity index (χ0n) is 11.7. The number of aliphatic hydroxyl groups excluding tert-OH is 1. The summed E-state index contributed by atoms with van der Waals surface area (Å²) in [5.41, 5.74) is 0. The molecule has 2 rings (SSSR count). The molecule has 1 aliphatic heterocycles. The molecule has 1 saturated heterocycles. The summed E-state index contributed by atoms with van der Waals surface area (Å²) < 4.78 is 0. The van der Waals surface area contributed by atoms with E-state index in [9.17, 15) is 14.4 Å². The Balaban J connectivity index is 1.87. The van der Waals surface area contributed by atoms with E-state index in [1.165, 1.54) is 4.90 Å². The zero-order valence-corrected chi connectivity index (χ0v) is 11.7. The lowest BCUT2D eigenvalue weighted by atomic mass is 10.2. The van der Waals surface area contributed by atoms with Gasteiger partial charge in [0, 0.05) is 38.4 Å². The van der Waals surface area contributed by atoms with Crippen LogP contribution in [0.15, 0.2) is 0 Å². The number of hydrogen-bond acceptors (Lipinski definition) is 4. The fraction of sp³-hybridized carbons (Fsp3) is 0.786. The molecule has 1 saturated carbocycles. The maximum Gasteiger partial charge on any atom is 0.229 e. The van der Waals surface area contributed by atoms with Gasteiger partial charge in [-0.3, -0.25) is 19.3 Å². The van der Waals surface area contributed by atoms with Gasteiger partial charge in [0.25, 0.3) is 0 Å². The van der Waals surface area contributed by atoms with Crippen molar-refractivity contribution in [2.45, 2.75) is 51.0 Å². The quantitative estimate of drug-likeness (QED) is 0.710. The molecule has 2 aliphatic rings. The van der Waals surface area contributed by atoms with Crippen molar-refractivity contribution in [2.75, 3.05) is 19.7 Å². The Kier molecular flexibility index (Phi) is 5.11. The van der Waals surface area contributed by atoms with Crippen molar-refractivity contribution < 1.29 is 19.5 Å². The summed E-state index contributed by atoms with van der Waals surface area (Å²) in [6, 6.07) is 0.208. The molecule has 6 heteroatoms. The van der Waals surface area contributed by atoms with E-state index in [1.807, 2.05) is 0 Å². The number of rotatable bonds is 6. The molecule has 1 N–H and O–H groups in total. The Morgan fingerprint density at radius 1 is 1.20 bits per heavy atom. The Morgan fingerprint density at radius 2 is 1.80 bits per heavy atom. The molecule has 0 atom stereocenters. The van der Waals surface area contributed by atoms with E-state index in [0.29, 0.717) is 6.54 Å². The molecule has 1 aliphatic carbocycles. The first-order chi connectivity index (χ1) is 9.63. The lowest BCUT2D eigenvalue weighted by Gasteiger charge is -2.29. The van der Waals surface area contributed by atoms with Gasteiger partial charge in [-0.2, -0.15) is 0 Å². The summed E-state index contributed by atoms with van der Waals surface area (Å²) in [6.45, 7) is 0.459. The molecule has 0 aromatic heterocycles. The van der Waals surface area contributed by atoms with Gasteiger partial charge in [-0.1, -0.05) is 12.8 Å². The Morgan fingerprint density at radius 3 is 2.35 bits per heavy atom. The Hall–Kier alpha value is -1.43. The van der Waals surface area contributed by atoms with Gasteiger partial charge in [0.05, 0.1) is 6.61 Å². The minimum Gasteiger partial charge on any atom is -0.395 e. The van der Waals surface area contributed by atoms with Crippen LogP contribution in [0.4, 0.5) is 0 Å². The van der Waals surface area contributed by atoms with Crippen molar-refractivity contribution in [3.63, 3.8) is 0 Å². The van der Waals surface area contributed by atoms with Gasteiger partial charge in [-0.15, -0.1) is 0 Å². The largest absolute Gasteiger partial charge is 0.395 e. The Labute approximate surface area is 118 Å². The summed E-state index contributed by atoms with van der Waals surface area (Å²) >= 11 is 0. The van der Waals surface area contributed by atoms with Gasteiger partial charge >= 0.3 is 0 Å². The molecule has 0 unspecified atom stereocenters. The van der Waals surface area contributed by atoms with Crippen LogP contribution in [0, 0.1) is 0 Å².